The molecule has 2 aromatic heterocycles. The molecule has 0 radical (unpaired) electrons. The Morgan fingerprint density at radius 1 is 1.31 bits per heavy atom. The van der Waals surface area contributed by atoms with Gasteiger partial charge in [-0.15, -0.1) is 0 Å². The van der Waals surface area contributed by atoms with Crippen molar-refractivity contribution in [2.24, 2.45) is 7.05 Å². The minimum absolute atomic E-state index is 0.253. The fourth-order valence-electron chi connectivity index (χ4n) is 3.36. The maximum absolute atomic E-state index is 11.6. The molecule has 0 saturated heterocycles. The van der Waals surface area contributed by atoms with E-state index >= 15 is 0 Å². The van der Waals surface area contributed by atoms with Crippen molar-refractivity contribution in [1.82, 2.24) is 14.8 Å². The number of anilines is 3. The van der Waals surface area contributed by atoms with Gasteiger partial charge in [-0.25, -0.2) is 4.98 Å². The Morgan fingerprint density at radius 3 is 2.97 bits per heavy atom. The van der Waals surface area contributed by atoms with Crippen molar-refractivity contribution in [2.75, 3.05) is 23.8 Å². The standard InChI is InChI=1S/C24H25N5O3/c1-3-24(30)28-19-6-4-5-17(11-19)16-32-22-12-23(27-20-13-26-29(2)15-20)25-14-21(22)18-7-9-31-10-8-18/h3-7,11-15H,1,8-10,16H2,2H3,(H,25,27)(H,28,30). The molecule has 0 bridgehead atoms. The van der Waals surface area contributed by atoms with Gasteiger partial charge in [0.05, 0.1) is 25.1 Å². The first kappa shape index (κ1) is 21.3. The fraction of sp³-hybridized carbons (Fsp3) is 0.208. The van der Waals surface area contributed by atoms with Crippen LogP contribution in [0.25, 0.3) is 5.57 Å². The lowest BCUT2D eigenvalue weighted by molar-refractivity contribution is -0.111. The maximum Gasteiger partial charge on any atom is 0.247 e. The first-order valence-corrected chi connectivity index (χ1v) is 10.3. The zero-order valence-corrected chi connectivity index (χ0v) is 17.9. The van der Waals surface area contributed by atoms with Gasteiger partial charge in [-0.1, -0.05) is 24.8 Å². The number of carbonyl (C=O) groups excluding carboxylic acids is 1. The van der Waals surface area contributed by atoms with Gasteiger partial charge in [-0.05, 0) is 35.8 Å². The maximum atomic E-state index is 11.6. The van der Waals surface area contributed by atoms with Gasteiger partial charge in [-0.2, -0.15) is 5.10 Å². The highest BCUT2D eigenvalue weighted by molar-refractivity contribution is 5.98. The minimum Gasteiger partial charge on any atom is -0.488 e. The van der Waals surface area contributed by atoms with Crippen LogP contribution in [0.4, 0.5) is 17.2 Å². The Morgan fingerprint density at radius 2 is 2.22 bits per heavy atom. The number of ether oxygens (including phenoxy) is 2. The number of aromatic nitrogens is 3. The van der Waals surface area contributed by atoms with Crippen LogP contribution >= 0.6 is 0 Å². The molecule has 0 unspecified atom stereocenters. The van der Waals surface area contributed by atoms with Crippen LogP contribution in [0.1, 0.15) is 17.5 Å². The second kappa shape index (κ2) is 9.93. The molecule has 32 heavy (non-hydrogen) atoms. The molecule has 3 heterocycles. The number of amides is 1. The van der Waals surface area contributed by atoms with Gasteiger partial charge in [0, 0.05) is 36.8 Å². The zero-order chi connectivity index (χ0) is 22.3. The van der Waals surface area contributed by atoms with Gasteiger partial charge < -0.3 is 20.1 Å². The molecule has 164 valence electrons. The molecule has 0 aliphatic carbocycles. The van der Waals surface area contributed by atoms with Crippen LogP contribution < -0.4 is 15.4 Å². The third kappa shape index (κ3) is 5.41. The lowest BCUT2D eigenvalue weighted by Crippen LogP contribution is -2.08. The van der Waals surface area contributed by atoms with E-state index < -0.39 is 0 Å². The van der Waals surface area contributed by atoms with E-state index in [9.17, 15) is 4.79 Å². The number of hydrogen-bond acceptors (Lipinski definition) is 6. The van der Waals surface area contributed by atoms with E-state index in [2.05, 4.69) is 33.4 Å². The number of benzene rings is 1. The predicted molar refractivity (Wildman–Crippen MR) is 124 cm³/mol. The minimum atomic E-state index is -0.253. The smallest absolute Gasteiger partial charge is 0.247 e. The van der Waals surface area contributed by atoms with Crippen LogP contribution in [0.3, 0.4) is 0 Å². The van der Waals surface area contributed by atoms with E-state index in [0.29, 0.717) is 31.3 Å². The summed E-state index contributed by atoms with van der Waals surface area (Å²) < 4.78 is 13.4. The van der Waals surface area contributed by atoms with Crippen LogP contribution in [0.2, 0.25) is 0 Å². The normalized spacial score (nSPS) is 13.2. The Bertz CT molecular complexity index is 1150. The third-order valence-corrected chi connectivity index (χ3v) is 4.93. The second-order valence-electron chi connectivity index (χ2n) is 7.33. The summed E-state index contributed by atoms with van der Waals surface area (Å²) in [5.41, 5.74) is 4.56. The van der Waals surface area contributed by atoms with Crippen LogP contribution in [0.15, 0.2) is 67.7 Å². The molecular formula is C24H25N5O3. The molecule has 0 atom stereocenters. The molecule has 0 fully saturated rings. The third-order valence-electron chi connectivity index (χ3n) is 4.93. The average molecular weight is 431 g/mol. The number of nitrogens with one attached hydrogen (secondary N) is 2. The van der Waals surface area contributed by atoms with Gasteiger partial charge in [-0.3, -0.25) is 9.48 Å². The van der Waals surface area contributed by atoms with E-state index in [4.69, 9.17) is 9.47 Å². The van der Waals surface area contributed by atoms with Crippen molar-refractivity contribution < 1.29 is 14.3 Å². The Labute approximate surface area is 186 Å². The molecule has 3 aromatic rings. The van der Waals surface area contributed by atoms with Crippen LogP contribution in [-0.4, -0.2) is 33.9 Å². The number of pyridine rings is 1. The van der Waals surface area contributed by atoms with E-state index in [0.717, 1.165) is 34.6 Å². The molecule has 0 saturated carbocycles. The summed E-state index contributed by atoms with van der Waals surface area (Å²) in [7, 11) is 1.86. The lowest BCUT2D eigenvalue weighted by atomic mass is 10.0. The van der Waals surface area contributed by atoms with Gasteiger partial charge in [0.1, 0.15) is 18.2 Å². The van der Waals surface area contributed by atoms with Gasteiger partial charge in [0.25, 0.3) is 0 Å². The number of nitrogens with zero attached hydrogens (tertiary/aromatic N) is 3. The Balaban J connectivity index is 1.56. The first-order valence-electron chi connectivity index (χ1n) is 10.3. The molecule has 1 aromatic carbocycles. The van der Waals surface area contributed by atoms with Crippen molar-refractivity contribution in [2.45, 2.75) is 13.0 Å². The SMILES string of the molecule is C=CC(=O)Nc1cccc(COc2cc(Nc3cnn(C)c3)ncc2C2=CCOCC2)c1. The highest BCUT2D eigenvalue weighted by atomic mass is 16.5. The monoisotopic (exact) mass is 431 g/mol. The van der Waals surface area contributed by atoms with E-state index in [1.165, 1.54) is 6.08 Å². The van der Waals surface area contributed by atoms with Gasteiger partial charge >= 0.3 is 0 Å². The Kier molecular flexibility index (Phi) is 6.62. The molecule has 1 aliphatic rings. The van der Waals surface area contributed by atoms with Crippen LogP contribution in [0.5, 0.6) is 5.75 Å². The average Bonchev–Trinajstić information content (AvgIpc) is 3.23. The van der Waals surface area contributed by atoms with Crippen molar-refractivity contribution in [1.29, 1.82) is 0 Å². The second-order valence-corrected chi connectivity index (χ2v) is 7.33. The van der Waals surface area contributed by atoms with Crippen molar-refractivity contribution in [3.63, 3.8) is 0 Å². The number of carbonyl (C=O) groups is 1. The lowest BCUT2D eigenvalue weighted by Gasteiger charge is -2.18. The molecule has 4 rings (SSSR count). The molecule has 2 N–H and O–H groups in total. The number of hydrogen-bond donors (Lipinski definition) is 2. The summed E-state index contributed by atoms with van der Waals surface area (Å²) in [6.07, 6.45) is 9.54. The molecule has 1 aliphatic heterocycles. The number of aryl methyl sites for hydroxylation is 1. The first-order chi connectivity index (χ1) is 15.6. The van der Waals surface area contributed by atoms with E-state index in [1.54, 1.807) is 10.9 Å². The molecular weight excluding hydrogens is 406 g/mol. The highest BCUT2D eigenvalue weighted by Gasteiger charge is 2.15. The van der Waals surface area contributed by atoms with E-state index in [-0.39, 0.29) is 5.91 Å². The highest BCUT2D eigenvalue weighted by Crippen LogP contribution is 2.32. The van der Waals surface area contributed by atoms with Gasteiger partial charge in [0.15, 0.2) is 0 Å². The van der Waals surface area contributed by atoms with Crippen molar-refractivity contribution in [3.05, 3.63) is 78.8 Å². The summed E-state index contributed by atoms with van der Waals surface area (Å²) >= 11 is 0. The van der Waals surface area contributed by atoms with Crippen LogP contribution in [-0.2, 0) is 23.2 Å². The summed E-state index contributed by atoms with van der Waals surface area (Å²) in [5, 5.41) is 10.2. The topological polar surface area (TPSA) is 90.3 Å². The summed E-state index contributed by atoms with van der Waals surface area (Å²) in [6.45, 7) is 5.07. The predicted octanol–water partition coefficient (Wildman–Crippen LogP) is 4.07. The summed E-state index contributed by atoms with van der Waals surface area (Å²) in [6, 6.07) is 9.42. The number of rotatable bonds is 8. The molecule has 8 heteroatoms. The molecule has 0 spiro atoms. The Hall–Kier alpha value is -3.91. The fourth-order valence-corrected chi connectivity index (χ4v) is 3.36. The quantitative estimate of drug-likeness (QED) is 0.523. The van der Waals surface area contributed by atoms with Gasteiger partial charge in [0.2, 0.25) is 5.91 Å². The molecule has 1 amide bonds. The largest absolute Gasteiger partial charge is 0.488 e. The zero-order valence-electron chi connectivity index (χ0n) is 17.9. The molecule has 8 nitrogen and oxygen atoms in total. The van der Waals surface area contributed by atoms with Crippen molar-refractivity contribution in [3.8, 4) is 5.75 Å². The summed E-state index contributed by atoms with van der Waals surface area (Å²) in [4.78, 5) is 16.1. The van der Waals surface area contributed by atoms with Crippen LogP contribution in [0, 0.1) is 0 Å². The summed E-state index contributed by atoms with van der Waals surface area (Å²) in [5.74, 6) is 1.13. The van der Waals surface area contributed by atoms with E-state index in [1.807, 2.05) is 49.8 Å². The van der Waals surface area contributed by atoms with Crippen molar-refractivity contribution >= 4 is 28.7 Å².